The number of carbonyl (C=O) groups is 1. The summed E-state index contributed by atoms with van der Waals surface area (Å²) < 4.78 is 19.0. The van der Waals surface area contributed by atoms with Crippen LogP contribution in [0.4, 0.5) is 4.39 Å². The molecule has 5 nitrogen and oxygen atoms in total. The maximum atomic E-state index is 13.6. The molecule has 2 heterocycles. The van der Waals surface area contributed by atoms with Crippen molar-refractivity contribution in [1.82, 2.24) is 9.99 Å². The zero-order valence-corrected chi connectivity index (χ0v) is 16.1. The van der Waals surface area contributed by atoms with Crippen molar-refractivity contribution in [3.63, 3.8) is 0 Å². The van der Waals surface area contributed by atoms with Gasteiger partial charge in [0, 0.05) is 29.9 Å². The molecule has 1 amide bonds. The molecule has 28 heavy (non-hydrogen) atoms. The molecule has 3 aromatic rings. The quantitative estimate of drug-likeness (QED) is 0.600. The Bertz CT molecular complexity index is 1120. The number of methoxy groups -OCH3 is 1. The summed E-state index contributed by atoms with van der Waals surface area (Å²) in [7, 11) is 1.58. The number of nitrogens with zero attached hydrogens (tertiary/aromatic N) is 3. The highest BCUT2D eigenvalue weighted by atomic mass is 35.5. The van der Waals surface area contributed by atoms with Gasteiger partial charge in [-0.15, -0.1) is 0 Å². The topological polar surface area (TPSA) is 54.8 Å². The van der Waals surface area contributed by atoms with Crippen molar-refractivity contribution in [3.8, 4) is 5.75 Å². The summed E-state index contributed by atoms with van der Waals surface area (Å²) in [5.41, 5.74) is 2.60. The Kier molecular flexibility index (Phi) is 4.73. The van der Waals surface area contributed by atoms with Crippen LogP contribution in [0.2, 0.25) is 5.15 Å². The van der Waals surface area contributed by atoms with Crippen molar-refractivity contribution < 1.29 is 13.9 Å². The number of pyridine rings is 1. The second-order valence-electron chi connectivity index (χ2n) is 6.54. The summed E-state index contributed by atoms with van der Waals surface area (Å²) >= 11 is 6.49. The van der Waals surface area contributed by atoms with Crippen LogP contribution in [0.25, 0.3) is 10.9 Å². The first-order chi connectivity index (χ1) is 13.5. The number of hydrogen-bond acceptors (Lipinski definition) is 4. The van der Waals surface area contributed by atoms with Crippen molar-refractivity contribution in [2.75, 3.05) is 7.11 Å². The molecule has 0 radical (unpaired) electrons. The fraction of sp³-hybridized carbons (Fsp3) is 0.190. The number of fused-ring (bicyclic) bond motifs is 1. The van der Waals surface area contributed by atoms with Crippen LogP contribution in [0, 0.1) is 5.82 Å². The Labute approximate surface area is 166 Å². The molecular formula is C21H17ClFN3O2. The van der Waals surface area contributed by atoms with Gasteiger partial charge < -0.3 is 4.74 Å². The molecule has 0 saturated heterocycles. The molecule has 1 aliphatic rings. The van der Waals surface area contributed by atoms with Crippen molar-refractivity contribution in [3.05, 3.63) is 70.6 Å². The van der Waals surface area contributed by atoms with Crippen LogP contribution in [0.1, 0.15) is 30.5 Å². The van der Waals surface area contributed by atoms with Gasteiger partial charge in [0.15, 0.2) is 0 Å². The second kappa shape index (κ2) is 7.20. The minimum Gasteiger partial charge on any atom is -0.494 e. The third kappa shape index (κ3) is 3.20. The fourth-order valence-electron chi connectivity index (χ4n) is 3.45. The van der Waals surface area contributed by atoms with Crippen LogP contribution >= 0.6 is 11.6 Å². The van der Waals surface area contributed by atoms with E-state index in [9.17, 15) is 9.18 Å². The number of para-hydroxylation sites is 1. The zero-order chi connectivity index (χ0) is 19.8. The number of carbonyl (C=O) groups excluding carboxylic acids is 1. The summed E-state index contributed by atoms with van der Waals surface area (Å²) in [5.74, 6) is 0.0474. The van der Waals surface area contributed by atoms with E-state index in [1.807, 2.05) is 24.3 Å². The predicted octanol–water partition coefficient (Wildman–Crippen LogP) is 4.73. The first kappa shape index (κ1) is 18.4. The van der Waals surface area contributed by atoms with Crippen molar-refractivity contribution in [2.45, 2.75) is 19.4 Å². The molecule has 1 atom stereocenters. The van der Waals surface area contributed by atoms with E-state index in [0.717, 1.165) is 5.39 Å². The molecular weight excluding hydrogens is 381 g/mol. The van der Waals surface area contributed by atoms with Gasteiger partial charge in [-0.1, -0.05) is 35.9 Å². The maximum Gasteiger partial charge on any atom is 0.240 e. The molecule has 0 spiro atoms. The highest BCUT2D eigenvalue weighted by molar-refractivity contribution is 6.30. The monoisotopic (exact) mass is 397 g/mol. The number of amides is 1. The highest BCUT2D eigenvalue weighted by Gasteiger charge is 2.33. The smallest absolute Gasteiger partial charge is 0.240 e. The molecule has 7 heteroatoms. The molecule has 142 valence electrons. The number of benzene rings is 2. The van der Waals surface area contributed by atoms with E-state index >= 15 is 0 Å². The van der Waals surface area contributed by atoms with Gasteiger partial charge in [-0.3, -0.25) is 4.79 Å². The Morgan fingerprint density at radius 2 is 2.04 bits per heavy atom. The van der Waals surface area contributed by atoms with Crippen molar-refractivity contribution >= 4 is 34.1 Å². The molecule has 1 aliphatic heterocycles. The lowest BCUT2D eigenvalue weighted by molar-refractivity contribution is -0.130. The molecule has 0 N–H and O–H groups in total. The number of hydrogen-bond donors (Lipinski definition) is 0. The molecule has 0 fully saturated rings. The summed E-state index contributed by atoms with van der Waals surface area (Å²) in [5, 5.41) is 6.95. The number of rotatable bonds is 3. The van der Waals surface area contributed by atoms with E-state index < -0.39 is 6.04 Å². The van der Waals surface area contributed by atoms with E-state index in [2.05, 4.69) is 10.1 Å². The summed E-state index contributed by atoms with van der Waals surface area (Å²) in [6.45, 7) is 1.44. The largest absolute Gasteiger partial charge is 0.494 e. The number of hydrazone groups is 1. The van der Waals surface area contributed by atoms with Gasteiger partial charge in [0.25, 0.3) is 0 Å². The summed E-state index contributed by atoms with van der Waals surface area (Å²) in [6, 6.07) is 13.3. The number of halogens is 2. The summed E-state index contributed by atoms with van der Waals surface area (Å²) in [4.78, 5) is 16.7. The highest BCUT2D eigenvalue weighted by Crippen LogP contribution is 2.38. The van der Waals surface area contributed by atoms with Crippen LogP contribution < -0.4 is 4.74 Å². The Morgan fingerprint density at radius 3 is 2.75 bits per heavy atom. The molecule has 0 unspecified atom stereocenters. The normalized spacial score (nSPS) is 16.4. The molecule has 0 saturated carbocycles. The van der Waals surface area contributed by atoms with E-state index in [1.165, 1.54) is 24.1 Å². The van der Waals surface area contributed by atoms with Crippen LogP contribution in [-0.2, 0) is 4.79 Å². The van der Waals surface area contributed by atoms with Crippen LogP contribution in [0.15, 0.2) is 53.6 Å². The second-order valence-corrected chi connectivity index (χ2v) is 6.90. The predicted molar refractivity (Wildman–Crippen MR) is 106 cm³/mol. The van der Waals surface area contributed by atoms with E-state index in [-0.39, 0.29) is 16.9 Å². The Balaban J connectivity index is 1.78. The molecule has 1 aromatic heterocycles. The molecule has 0 bridgehead atoms. The zero-order valence-electron chi connectivity index (χ0n) is 15.3. The summed E-state index contributed by atoms with van der Waals surface area (Å²) in [6.07, 6.45) is 0.417. The van der Waals surface area contributed by atoms with Gasteiger partial charge in [-0.2, -0.15) is 5.10 Å². The van der Waals surface area contributed by atoms with Gasteiger partial charge in [0.2, 0.25) is 5.91 Å². The standard InChI is InChI=1S/C21H17ClFN3O2/c1-12(27)26-18(11-17(25-26)13-5-3-7-15(23)9-13)16-10-14-6-4-8-19(28-2)20(14)24-21(16)22/h3-10,18H,11H2,1-2H3/t18-/m1/s1. The lowest BCUT2D eigenvalue weighted by Gasteiger charge is -2.21. The minimum atomic E-state index is -0.411. The van der Waals surface area contributed by atoms with E-state index in [4.69, 9.17) is 16.3 Å². The Hall–Kier alpha value is -2.99. The van der Waals surface area contributed by atoms with E-state index in [0.29, 0.717) is 34.5 Å². The average Bonchev–Trinajstić information content (AvgIpc) is 3.12. The third-order valence-electron chi connectivity index (χ3n) is 4.76. The maximum absolute atomic E-state index is 13.6. The molecule has 4 rings (SSSR count). The first-order valence-electron chi connectivity index (χ1n) is 8.74. The molecule has 2 aromatic carbocycles. The third-order valence-corrected chi connectivity index (χ3v) is 5.06. The van der Waals surface area contributed by atoms with Gasteiger partial charge in [-0.05, 0) is 24.3 Å². The molecule has 0 aliphatic carbocycles. The fourth-order valence-corrected chi connectivity index (χ4v) is 3.71. The average molecular weight is 398 g/mol. The minimum absolute atomic E-state index is 0.224. The van der Waals surface area contributed by atoms with Crippen molar-refractivity contribution in [2.24, 2.45) is 5.10 Å². The van der Waals surface area contributed by atoms with Gasteiger partial charge in [-0.25, -0.2) is 14.4 Å². The van der Waals surface area contributed by atoms with Gasteiger partial charge in [0.05, 0.1) is 18.9 Å². The lowest BCUT2D eigenvalue weighted by Crippen LogP contribution is -2.24. The Morgan fingerprint density at radius 1 is 1.25 bits per heavy atom. The van der Waals surface area contributed by atoms with Crippen LogP contribution in [0.5, 0.6) is 5.75 Å². The van der Waals surface area contributed by atoms with E-state index in [1.54, 1.807) is 19.2 Å². The SMILES string of the molecule is COc1cccc2cc([C@H]3CC(c4cccc(F)c4)=NN3C(C)=O)c(Cl)nc12. The van der Waals surface area contributed by atoms with Gasteiger partial charge >= 0.3 is 0 Å². The van der Waals surface area contributed by atoms with Crippen LogP contribution in [0.3, 0.4) is 0 Å². The first-order valence-corrected chi connectivity index (χ1v) is 9.12. The lowest BCUT2D eigenvalue weighted by atomic mass is 9.98. The number of ether oxygens (including phenoxy) is 1. The van der Waals surface area contributed by atoms with Crippen molar-refractivity contribution in [1.29, 1.82) is 0 Å². The number of aromatic nitrogens is 1. The van der Waals surface area contributed by atoms with Gasteiger partial charge in [0.1, 0.15) is 22.2 Å². The van der Waals surface area contributed by atoms with Crippen LogP contribution in [-0.4, -0.2) is 28.7 Å².